The third kappa shape index (κ3) is 3.34. The summed E-state index contributed by atoms with van der Waals surface area (Å²) in [7, 11) is 2.19. The van der Waals surface area contributed by atoms with Gasteiger partial charge in [-0.15, -0.1) is 11.3 Å². The van der Waals surface area contributed by atoms with Crippen molar-refractivity contribution in [2.24, 2.45) is 0 Å². The Balaban J connectivity index is 1.59. The van der Waals surface area contributed by atoms with Crippen LogP contribution in [0.2, 0.25) is 0 Å². The molecule has 2 N–H and O–H groups in total. The topological polar surface area (TPSA) is 48.1 Å². The summed E-state index contributed by atoms with van der Waals surface area (Å²) in [4.78, 5) is 20.1. The number of aromatic nitrogens is 1. The number of carbonyl (C=O) groups excluding carboxylic acids is 1. The van der Waals surface area contributed by atoms with Crippen LogP contribution in [0.15, 0.2) is 36.5 Å². The number of anilines is 1. The zero-order valence-corrected chi connectivity index (χ0v) is 15.5. The summed E-state index contributed by atoms with van der Waals surface area (Å²) < 4.78 is 0. The molecule has 1 aliphatic heterocycles. The van der Waals surface area contributed by atoms with Gasteiger partial charge >= 0.3 is 0 Å². The number of aryl methyl sites for hydroxylation is 1. The molecule has 0 spiro atoms. The van der Waals surface area contributed by atoms with Crippen molar-refractivity contribution in [3.8, 4) is 0 Å². The molecule has 1 aromatic carbocycles. The average molecular weight is 353 g/mol. The fraction of sp³-hybridized carbons (Fsp3) is 0.350. The number of nitrogens with one attached hydrogen (secondary N) is 2. The van der Waals surface area contributed by atoms with Gasteiger partial charge in [0.1, 0.15) is 0 Å². The van der Waals surface area contributed by atoms with E-state index in [2.05, 4.69) is 40.6 Å². The van der Waals surface area contributed by atoms with Crippen molar-refractivity contribution in [2.75, 3.05) is 25.5 Å². The lowest BCUT2D eigenvalue weighted by molar-refractivity contribution is 0.103. The van der Waals surface area contributed by atoms with Gasteiger partial charge in [0.15, 0.2) is 0 Å². The molecule has 2 aromatic heterocycles. The van der Waals surface area contributed by atoms with Crippen molar-refractivity contribution in [1.82, 2.24) is 9.88 Å². The lowest BCUT2D eigenvalue weighted by Crippen LogP contribution is -2.29. The van der Waals surface area contributed by atoms with Gasteiger partial charge in [-0.25, -0.2) is 0 Å². The van der Waals surface area contributed by atoms with Gasteiger partial charge < -0.3 is 15.2 Å². The van der Waals surface area contributed by atoms with Crippen LogP contribution in [0, 0.1) is 6.92 Å². The van der Waals surface area contributed by atoms with Gasteiger partial charge in [-0.3, -0.25) is 4.79 Å². The van der Waals surface area contributed by atoms with Gasteiger partial charge in [-0.2, -0.15) is 0 Å². The molecule has 1 fully saturated rings. The maximum Gasteiger partial charge on any atom is 0.265 e. The summed E-state index contributed by atoms with van der Waals surface area (Å²) in [6, 6.07) is 10.00. The van der Waals surface area contributed by atoms with Crippen LogP contribution in [0.1, 0.15) is 38.9 Å². The monoisotopic (exact) mass is 353 g/mol. The van der Waals surface area contributed by atoms with E-state index in [0.717, 1.165) is 34.0 Å². The Hall–Kier alpha value is -2.11. The van der Waals surface area contributed by atoms with Gasteiger partial charge in [-0.05, 0) is 81.7 Å². The van der Waals surface area contributed by atoms with E-state index in [1.165, 1.54) is 35.1 Å². The second-order valence-corrected chi connectivity index (χ2v) is 8.23. The molecule has 0 aliphatic carbocycles. The van der Waals surface area contributed by atoms with Gasteiger partial charge in [0, 0.05) is 27.7 Å². The number of likely N-dealkylation sites (tertiary alicyclic amines) is 1. The fourth-order valence-electron chi connectivity index (χ4n) is 3.63. The van der Waals surface area contributed by atoms with Crippen LogP contribution >= 0.6 is 11.3 Å². The lowest BCUT2D eigenvalue weighted by Gasteiger charge is -2.28. The molecular weight excluding hydrogens is 330 g/mol. The molecule has 1 aliphatic rings. The molecule has 25 heavy (non-hydrogen) atoms. The van der Waals surface area contributed by atoms with Crippen molar-refractivity contribution >= 4 is 33.8 Å². The summed E-state index contributed by atoms with van der Waals surface area (Å²) >= 11 is 1.52. The normalized spacial score (nSPS) is 16.4. The van der Waals surface area contributed by atoms with Gasteiger partial charge in [-0.1, -0.05) is 0 Å². The molecule has 1 saturated heterocycles. The Kier molecular flexibility index (Phi) is 4.36. The fourth-order valence-corrected chi connectivity index (χ4v) is 4.39. The predicted molar refractivity (Wildman–Crippen MR) is 105 cm³/mol. The minimum Gasteiger partial charge on any atom is -0.361 e. The van der Waals surface area contributed by atoms with Gasteiger partial charge in [0.05, 0.1) is 4.88 Å². The van der Waals surface area contributed by atoms with Crippen molar-refractivity contribution < 1.29 is 4.79 Å². The quantitative estimate of drug-likeness (QED) is 0.723. The van der Waals surface area contributed by atoms with Crippen molar-refractivity contribution in [2.45, 2.75) is 25.7 Å². The molecule has 0 saturated carbocycles. The van der Waals surface area contributed by atoms with E-state index < -0.39 is 0 Å². The van der Waals surface area contributed by atoms with Crippen LogP contribution in [0.3, 0.4) is 0 Å². The molecule has 0 unspecified atom stereocenters. The van der Waals surface area contributed by atoms with Crippen LogP contribution in [0.5, 0.6) is 0 Å². The van der Waals surface area contributed by atoms with Gasteiger partial charge in [0.2, 0.25) is 0 Å². The first-order chi connectivity index (χ1) is 12.1. The van der Waals surface area contributed by atoms with Crippen LogP contribution in [0.4, 0.5) is 5.69 Å². The zero-order valence-electron chi connectivity index (χ0n) is 14.6. The second kappa shape index (κ2) is 6.65. The second-order valence-electron chi connectivity index (χ2n) is 6.95. The van der Waals surface area contributed by atoms with Crippen LogP contribution in [-0.2, 0) is 0 Å². The Labute approximate surface area is 151 Å². The van der Waals surface area contributed by atoms with Crippen LogP contribution in [-0.4, -0.2) is 35.9 Å². The van der Waals surface area contributed by atoms with Crippen LogP contribution in [0.25, 0.3) is 10.9 Å². The summed E-state index contributed by atoms with van der Waals surface area (Å²) in [6.07, 6.45) is 4.53. The number of nitrogens with zero attached hydrogens (tertiary/aromatic N) is 1. The third-order valence-electron chi connectivity index (χ3n) is 5.09. The first-order valence-corrected chi connectivity index (χ1v) is 9.59. The summed E-state index contributed by atoms with van der Waals surface area (Å²) in [5.41, 5.74) is 3.38. The highest BCUT2D eigenvalue weighted by Crippen LogP contribution is 2.34. The van der Waals surface area contributed by atoms with E-state index in [1.54, 1.807) is 0 Å². The number of piperidine rings is 1. The maximum absolute atomic E-state index is 12.4. The summed E-state index contributed by atoms with van der Waals surface area (Å²) in [5.74, 6) is 0.560. The third-order valence-corrected chi connectivity index (χ3v) is 6.09. The van der Waals surface area contributed by atoms with Crippen LogP contribution < -0.4 is 5.32 Å². The Morgan fingerprint density at radius 1 is 1.24 bits per heavy atom. The van der Waals surface area contributed by atoms with Crippen molar-refractivity contribution in [3.05, 3.63) is 51.8 Å². The zero-order chi connectivity index (χ0) is 17.4. The molecule has 3 aromatic rings. The number of thiophene rings is 1. The van der Waals surface area contributed by atoms with Crippen molar-refractivity contribution in [3.63, 3.8) is 0 Å². The summed E-state index contributed by atoms with van der Waals surface area (Å²) in [6.45, 7) is 4.30. The summed E-state index contributed by atoms with van der Waals surface area (Å²) in [5, 5.41) is 4.27. The van der Waals surface area contributed by atoms with E-state index in [9.17, 15) is 4.79 Å². The average Bonchev–Trinajstić information content (AvgIpc) is 3.22. The number of amides is 1. The number of rotatable bonds is 3. The molecular formula is C20H23N3OS. The molecule has 4 nitrogen and oxygen atoms in total. The number of hydrogen-bond acceptors (Lipinski definition) is 3. The van der Waals surface area contributed by atoms with E-state index in [-0.39, 0.29) is 5.91 Å². The first-order valence-electron chi connectivity index (χ1n) is 8.77. The van der Waals surface area contributed by atoms with Gasteiger partial charge in [0.25, 0.3) is 5.91 Å². The number of benzene rings is 1. The highest BCUT2D eigenvalue weighted by atomic mass is 32.1. The van der Waals surface area contributed by atoms with E-state index in [0.29, 0.717) is 5.92 Å². The highest BCUT2D eigenvalue weighted by molar-refractivity contribution is 7.14. The van der Waals surface area contributed by atoms with E-state index in [1.807, 2.05) is 25.1 Å². The van der Waals surface area contributed by atoms with E-state index in [4.69, 9.17) is 0 Å². The molecule has 1 amide bonds. The molecule has 0 bridgehead atoms. The number of hydrogen-bond donors (Lipinski definition) is 2. The number of fused-ring (bicyclic) bond motifs is 1. The predicted octanol–water partition coefficient (Wildman–Crippen LogP) is 4.60. The van der Waals surface area contributed by atoms with E-state index >= 15 is 0 Å². The molecule has 4 rings (SSSR count). The number of carbonyl (C=O) groups is 1. The number of aromatic amines is 1. The Morgan fingerprint density at radius 2 is 2.04 bits per heavy atom. The molecule has 0 radical (unpaired) electrons. The first kappa shape index (κ1) is 16.4. The SMILES string of the molecule is Cc1ccc(C(=O)Nc2ccc3[nH]cc(C4CCN(C)CC4)c3c2)s1. The molecule has 3 heterocycles. The number of H-pyrrole nitrogens is 1. The largest absolute Gasteiger partial charge is 0.361 e. The molecule has 130 valence electrons. The Morgan fingerprint density at radius 3 is 2.76 bits per heavy atom. The molecule has 5 heteroatoms. The lowest BCUT2D eigenvalue weighted by atomic mass is 9.89. The van der Waals surface area contributed by atoms with Crippen molar-refractivity contribution in [1.29, 1.82) is 0 Å². The molecule has 0 atom stereocenters. The minimum absolute atomic E-state index is 0.0335. The minimum atomic E-state index is -0.0335. The standard InChI is InChI=1S/C20H23N3OS/c1-13-3-6-19(25-13)20(24)22-15-4-5-18-16(11-15)17(12-21-18)14-7-9-23(2)10-8-14/h3-6,11-12,14,21H,7-10H2,1-2H3,(H,22,24). The Bertz CT molecular complexity index is 903. The maximum atomic E-state index is 12.4. The highest BCUT2D eigenvalue weighted by Gasteiger charge is 2.21. The smallest absolute Gasteiger partial charge is 0.265 e.